The lowest BCUT2D eigenvalue weighted by molar-refractivity contribution is 0.223. The lowest BCUT2D eigenvalue weighted by Crippen LogP contribution is -2.42. The standard InChI is InChI=1S/C18H23FN4O.HI/c1-14(24-17-8-6-15(19)7-9-17)13-23-18(20-2)22-12-10-16-5-3-4-11-21-16;/h3-9,11,14H,10,12-13H2,1-2H3,(H2,20,22,23);1H. The van der Waals surface area contributed by atoms with Crippen molar-refractivity contribution in [3.8, 4) is 5.75 Å². The Morgan fingerprint density at radius 2 is 1.96 bits per heavy atom. The quantitative estimate of drug-likeness (QED) is 0.381. The van der Waals surface area contributed by atoms with Crippen molar-refractivity contribution in [2.45, 2.75) is 19.4 Å². The van der Waals surface area contributed by atoms with Gasteiger partial charge in [0.05, 0.1) is 6.54 Å². The summed E-state index contributed by atoms with van der Waals surface area (Å²) in [5, 5.41) is 6.44. The summed E-state index contributed by atoms with van der Waals surface area (Å²) < 4.78 is 18.6. The molecule has 0 amide bonds. The van der Waals surface area contributed by atoms with Gasteiger partial charge in [-0.1, -0.05) is 6.07 Å². The van der Waals surface area contributed by atoms with Gasteiger partial charge in [0, 0.05) is 31.9 Å². The number of hydrogen-bond acceptors (Lipinski definition) is 3. The zero-order valence-electron chi connectivity index (χ0n) is 14.4. The Kier molecular flexibility index (Phi) is 9.83. The highest BCUT2D eigenvalue weighted by Gasteiger charge is 2.06. The summed E-state index contributed by atoms with van der Waals surface area (Å²) in [7, 11) is 1.72. The van der Waals surface area contributed by atoms with Crippen molar-refractivity contribution >= 4 is 29.9 Å². The Bertz CT molecular complexity index is 637. The maximum atomic E-state index is 12.9. The van der Waals surface area contributed by atoms with Crippen molar-refractivity contribution in [3.63, 3.8) is 0 Å². The topological polar surface area (TPSA) is 58.5 Å². The van der Waals surface area contributed by atoms with Crippen LogP contribution in [0.15, 0.2) is 53.7 Å². The average Bonchev–Trinajstić information content (AvgIpc) is 2.61. The molecule has 0 spiro atoms. The van der Waals surface area contributed by atoms with Gasteiger partial charge in [-0.3, -0.25) is 9.98 Å². The number of halogens is 2. The van der Waals surface area contributed by atoms with Gasteiger partial charge in [0.2, 0.25) is 0 Å². The Labute approximate surface area is 165 Å². The van der Waals surface area contributed by atoms with E-state index in [4.69, 9.17) is 4.74 Å². The van der Waals surface area contributed by atoms with Crippen LogP contribution in [0.2, 0.25) is 0 Å². The molecule has 1 unspecified atom stereocenters. The van der Waals surface area contributed by atoms with E-state index in [1.165, 1.54) is 12.1 Å². The van der Waals surface area contributed by atoms with E-state index < -0.39 is 0 Å². The number of benzene rings is 1. The molecule has 0 radical (unpaired) electrons. The third-order valence-electron chi connectivity index (χ3n) is 3.33. The molecule has 0 aliphatic rings. The van der Waals surface area contributed by atoms with Gasteiger partial charge in [-0.05, 0) is 43.3 Å². The fourth-order valence-corrected chi connectivity index (χ4v) is 2.10. The van der Waals surface area contributed by atoms with Gasteiger partial charge in [-0.15, -0.1) is 24.0 Å². The number of ether oxygens (including phenoxy) is 1. The predicted molar refractivity (Wildman–Crippen MR) is 109 cm³/mol. The van der Waals surface area contributed by atoms with Crippen molar-refractivity contribution in [1.82, 2.24) is 15.6 Å². The molecule has 25 heavy (non-hydrogen) atoms. The van der Waals surface area contributed by atoms with E-state index in [1.807, 2.05) is 25.1 Å². The number of hydrogen-bond donors (Lipinski definition) is 2. The first-order valence-corrected chi connectivity index (χ1v) is 7.94. The highest BCUT2D eigenvalue weighted by atomic mass is 127. The number of nitrogens with zero attached hydrogens (tertiary/aromatic N) is 2. The van der Waals surface area contributed by atoms with E-state index in [0.717, 1.165) is 18.7 Å². The highest BCUT2D eigenvalue weighted by Crippen LogP contribution is 2.12. The molecular formula is C18H24FIN4O. The molecular weight excluding hydrogens is 434 g/mol. The number of guanidine groups is 1. The highest BCUT2D eigenvalue weighted by molar-refractivity contribution is 14.0. The van der Waals surface area contributed by atoms with E-state index >= 15 is 0 Å². The second-order valence-electron chi connectivity index (χ2n) is 5.33. The molecule has 2 rings (SSSR count). The van der Waals surface area contributed by atoms with Crippen molar-refractivity contribution in [3.05, 3.63) is 60.2 Å². The Morgan fingerprint density at radius 3 is 2.60 bits per heavy atom. The first kappa shape index (κ1) is 21.1. The van der Waals surface area contributed by atoms with Gasteiger partial charge in [0.25, 0.3) is 0 Å². The summed E-state index contributed by atoms with van der Waals surface area (Å²) in [5.74, 6) is 1.08. The molecule has 0 saturated heterocycles. The van der Waals surface area contributed by atoms with Crippen LogP contribution in [0.1, 0.15) is 12.6 Å². The number of rotatable bonds is 7. The number of aliphatic imine (C=N–C) groups is 1. The summed E-state index contributed by atoms with van der Waals surface area (Å²) >= 11 is 0. The second-order valence-corrected chi connectivity index (χ2v) is 5.33. The minimum Gasteiger partial charge on any atom is -0.489 e. The fraction of sp³-hybridized carbons (Fsp3) is 0.333. The van der Waals surface area contributed by atoms with Crippen molar-refractivity contribution in [2.75, 3.05) is 20.1 Å². The molecule has 1 atom stereocenters. The number of aromatic nitrogens is 1. The summed E-state index contributed by atoms with van der Waals surface area (Å²) in [4.78, 5) is 8.46. The summed E-state index contributed by atoms with van der Waals surface area (Å²) in [6, 6.07) is 11.9. The molecule has 1 aromatic heterocycles. The van der Waals surface area contributed by atoms with Crippen LogP contribution in [-0.2, 0) is 6.42 Å². The Morgan fingerprint density at radius 1 is 1.20 bits per heavy atom. The maximum Gasteiger partial charge on any atom is 0.191 e. The van der Waals surface area contributed by atoms with Crippen LogP contribution in [0.4, 0.5) is 4.39 Å². The Balaban J connectivity index is 0.00000312. The molecule has 0 aliphatic heterocycles. The minimum absolute atomic E-state index is 0. The molecule has 136 valence electrons. The van der Waals surface area contributed by atoms with Gasteiger partial charge >= 0.3 is 0 Å². The van der Waals surface area contributed by atoms with Gasteiger partial charge < -0.3 is 15.4 Å². The van der Waals surface area contributed by atoms with Crippen LogP contribution in [0.3, 0.4) is 0 Å². The summed E-state index contributed by atoms with van der Waals surface area (Å²) in [6.07, 6.45) is 2.53. The normalized spacial score (nSPS) is 12.0. The molecule has 0 saturated carbocycles. The van der Waals surface area contributed by atoms with Crippen LogP contribution in [0.25, 0.3) is 0 Å². The predicted octanol–water partition coefficient (Wildman–Crippen LogP) is 3.01. The summed E-state index contributed by atoms with van der Waals surface area (Å²) in [6.45, 7) is 3.27. The minimum atomic E-state index is -0.273. The molecule has 2 N–H and O–H groups in total. The van der Waals surface area contributed by atoms with E-state index in [9.17, 15) is 4.39 Å². The van der Waals surface area contributed by atoms with Gasteiger partial charge in [-0.25, -0.2) is 4.39 Å². The van der Waals surface area contributed by atoms with Crippen molar-refractivity contribution < 1.29 is 9.13 Å². The van der Waals surface area contributed by atoms with Crippen molar-refractivity contribution in [2.24, 2.45) is 4.99 Å². The molecule has 0 aliphatic carbocycles. The van der Waals surface area contributed by atoms with Gasteiger partial charge in [0.1, 0.15) is 17.7 Å². The Hall–Kier alpha value is -1.90. The lowest BCUT2D eigenvalue weighted by Gasteiger charge is -2.17. The monoisotopic (exact) mass is 458 g/mol. The summed E-state index contributed by atoms with van der Waals surface area (Å²) in [5.41, 5.74) is 1.04. The zero-order chi connectivity index (χ0) is 17.2. The van der Waals surface area contributed by atoms with Crippen molar-refractivity contribution in [1.29, 1.82) is 0 Å². The molecule has 7 heteroatoms. The molecule has 1 heterocycles. The van der Waals surface area contributed by atoms with E-state index in [2.05, 4.69) is 20.6 Å². The average molecular weight is 458 g/mol. The molecule has 1 aromatic carbocycles. The smallest absolute Gasteiger partial charge is 0.191 e. The first-order chi connectivity index (χ1) is 11.7. The van der Waals surface area contributed by atoms with E-state index in [1.54, 1.807) is 25.4 Å². The van der Waals surface area contributed by atoms with Crippen LogP contribution >= 0.6 is 24.0 Å². The van der Waals surface area contributed by atoms with Crippen LogP contribution < -0.4 is 15.4 Å². The molecule has 0 fully saturated rings. The van der Waals surface area contributed by atoms with Crippen LogP contribution in [0, 0.1) is 5.82 Å². The zero-order valence-corrected chi connectivity index (χ0v) is 16.7. The molecule has 2 aromatic rings. The molecule has 5 nitrogen and oxygen atoms in total. The van der Waals surface area contributed by atoms with Gasteiger partial charge in [0.15, 0.2) is 5.96 Å². The molecule has 0 bridgehead atoms. The fourth-order valence-electron chi connectivity index (χ4n) is 2.10. The van der Waals surface area contributed by atoms with Crippen LogP contribution in [0.5, 0.6) is 5.75 Å². The van der Waals surface area contributed by atoms with E-state index in [-0.39, 0.29) is 35.9 Å². The second kappa shape index (κ2) is 11.6. The number of nitrogens with one attached hydrogen (secondary N) is 2. The van der Waals surface area contributed by atoms with Gasteiger partial charge in [-0.2, -0.15) is 0 Å². The first-order valence-electron chi connectivity index (χ1n) is 7.94. The van der Waals surface area contributed by atoms with E-state index in [0.29, 0.717) is 18.3 Å². The SMILES string of the molecule is CN=C(NCCc1ccccn1)NCC(C)Oc1ccc(F)cc1.I. The lowest BCUT2D eigenvalue weighted by atomic mass is 10.3. The third kappa shape index (κ3) is 8.15. The largest absolute Gasteiger partial charge is 0.489 e. The third-order valence-corrected chi connectivity index (χ3v) is 3.33. The number of pyridine rings is 1. The maximum absolute atomic E-state index is 12.9. The van der Waals surface area contributed by atoms with Crippen LogP contribution in [-0.4, -0.2) is 37.2 Å².